The van der Waals surface area contributed by atoms with Gasteiger partial charge in [0, 0.05) is 18.0 Å². The lowest BCUT2D eigenvalue weighted by molar-refractivity contribution is 0.0456. The molecule has 1 saturated carbocycles. The second kappa shape index (κ2) is 6.42. The topological polar surface area (TPSA) is 15.3 Å². The third-order valence-corrected chi connectivity index (χ3v) is 4.45. The fraction of sp³-hybridized carbons (Fsp3) is 0.867. The molecule has 0 aromatic rings. The largest absolute Gasteiger partial charge is 0.312 e. The average Bonchev–Trinajstić information content (AvgIpc) is 2.30. The molecule has 98 valence electrons. The Labute approximate surface area is 107 Å². The van der Waals surface area contributed by atoms with Crippen LogP contribution < -0.4 is 5.32 Å². The van der Waals surface area contributed by atoms with E-state index in [0.29, 0.717) is 6.04 Å². The van der Waals surface area contributed by atoms with Gasteiger partial charge in [-0.3, -0.25) is 0 Å². The van der Waals surface area contributed by atoms with Gasteiger partial charge >= 0.3 is 0 Å². The molecular formula is C15H28N2. The zero-order chi connectivity index (χ0) is 12.9. The molecule has 1 N–H and O–H groups in total. The highest BCUT2D eigenvalue weighted by Crippen LogP contribution is 2.38. The Bertz CT molecular complexity index is 257. The Morgan fingerprint density at radius 1 is 1.41 bits per heavy atom. The van der Waals surface area contributed by atoms with Crippen molar-refractivity contribution in [2.45, 2.75) is 57.5 Å². The van der Waals surface area contributed by atoms with Crippen LogP contribution in [0.3, 0.4) is 0 Å². The first-order valence-corrected chi connectivity index (χ1v) is 6.91. The van der Waals surface area contributed by atoms with Crippen LogP contribution in [0.5, 0.6) is 0 Å². The van der Waals surface area contributed by atoms with Crippen molar-refractivity contribution < 1.29 is 0 Å². The lowest BCUT2D eigenvalue weighted by Gasteiger charge is -2.49. The SMILES string of the molecule is C#CCC(NCC)C1(N(C)C)CCC(C)CC1. The maximum atomic E-state index is 5.54. The molecule has 1 unspecified atom stereocenters. The number of nitrogens with zero attached hydrogens (tertiary/aromatic N) is 1. The van der Waals surface area contributed by atoms with Gasteiger partial charge in [0.25, 0.3) is 0 Å². The van der Waals surface area contributed by atoms with Crippen molar-refractivity contribution >= 4 is 0 Å². The summed E-state index contributed by atoms with van der Waals surface area (Å²) < 4.78 is 0. The molecule has 0 radical (unpaired) electrons. The van der Waals surface area contributed by atoms with Crippen molar-refractivity contribution in [3.05, 3.63) is 0 Å². The molecule has 1 atom stereocenters. The van der Waals surface area contributed by atoms with Crippen molar-refractivity contribution in [1.29, 1.82) is 0 Å². The third-order valence-electron chi connectivity index (χ3n) is 4.45. The quantitative estimate of drug-likeness (QED) is 0.738. The summed E-state index contributed by atoms with van der Waals surface area (Å²) in [7, 11) is 4.41. The second-order valence-electron chi connectivity index (χ2n) is 5.70. The number of terminal acetylenes is 1. The minimum atomic E-state index is 0.259. The molecule has 0 aromatic heterocycles. The maximum Gasteiger partial charge on any atom is 0.0365 e. The van der Waals surface area contributed by atoms with Crippen molar-refractivity contribution in [3.8, 4) is 12.3 Å². The first-order chi connectivity index (χ1) is 8.06. The van der Waals surface area contributed by atoms with Gasteiger partial charge in [0.1, 0.15) is 0 Å². The Kier molecular flexibility index (Phi) is 5.49. The molecule has 0 amide bonds. The van der Waals surface area contributed by atoms with Crippen LogP contribution in [0, 0.1) is 18.3 Å². The molecule has 0 saturated heterocycles. The molecular weight excluding hydrogens is 208 g/mol. The molecule has 2 nitrogen and oxygen atoms in total. The van der Waals surface area contributed by atoms with E-state index < -0.39 is 0 Å². The smallest absolute Gasteiger partial charge is 0.0365 e. The van der Waals surface area contributed by atoms with Gasteiger partial charge in [-0.05, 0) is 52.2 Å². The van der Waals surface area contributed by atoms with Crippen molar-refractivity contribution in [2.75, 3.05) is 20.6 Å². The Morgan fingerprint density at radius 3 is 2.41 bits per heavy atom. The van der Waals surface area contributed by atoms with Crippen LogP contribution in [0.4, 0.5) is 0 Å². The summed E-state index contributed by atoms with van der Waals surface area (Å²) in [6.45, 7) is 5.53. The predicted octanol–water partition coefficient (Wildman–Crippen LogP) is 2.50. The number of nitrogens with one attached hydrogen (secondary N) is 1. The van der Waals surface area contributed by atoms with Gasteiger partial charge in [0.05, 0.1) is 0 Å². The summed E-state index contributed by atoms with van der Waals surface area (Å²) in [6, 6.07) is 0.431. The molecule has 1 fully saturated rings. The van der Waals surface area contributed by atoms with Crippen LogP contribution in [0.2, 0.25) is 0 Å². The van der Waals surface area contributed by atoms with E-state index in [9.17, 15) is 0 Å². The standard InChI is InChI=1S/C15H28N2/c1-6-8-14(16-7-2)15(17(4)5)11-9-13(3)10-12-15/h1,13-14,16H,7-12H2,2-5H3. The Hall–Kier alpha value is -0.520. The van der Waals surface area contributed by atoms with E-state index in [0.717, 1.165) is 18.9 Å². The maximum absolute atomic E-state index is 5.54. The van der Waals surface area contributed by atoms with Crippen LogP contribution in [-0.2, 0) is 0 Å². The normalized spacial score (nSPS) is 31.2. The van der Waals surface area contributed by atoms with Crippen LogP contribution in [-0.4, -0.2) is 37.1 Å². The molecule has 0 bridgehead atoms. The van der Waals surface area contributed by atoms with Gasteiger partial charge < -0.3 is 10.2 Å². The number of rotatable bonds is 5. The highest BCUT2D eigenvalue weighted by atomic mass is 15.2. The molecule has 17 heavy (non-hydrogen) atoms. The van der Waals surface area contributed by atoms with Crippen LogP contribution in [0.25, 0.3) is 0 Å². The van der Waals surface area contributed by atoms with E-state index >= 15 is 0 Å². The first-order valence-electron chi connectivity index (χ1n) is 6.91. The third kappa shape index (κ3) is 3.24. The fourth-order valence-electron chi connectivity index (χ4n) is 3.19. The second-order valence-corrected chi connectivity index (χ2v) is 5.70. The van der Waals surface area contributed by atoms with Crippen molar-refractivity contribution in [3.63, 3.8) is 0 Å². The molecule has 1 rings (SSSR count). The zero-order valence-corrected chi connectivity index (χ0v) is 11.9. The predicted molar refractivity (Wildman–Crippen MR) is 75.0 cm³/mol. The van der Waals surface area contributed by atoms with Gasteiger partial charge in [-0.15, -0.1) is 12.3 Å². The summed E-state index contributed by atoms with van der Waals surface area (Å²) in [4.78, 5) is 2.41. The number of likely N-dealkylation sites (N-methyl/N-ethyl adjacent to an activating group) is 2. The summed E-state index contributed by atoms with van der Waals surface area (Å²) in [5.41, 5.74) is 0.259. The molecule has 0 spiro atoms. The van der Waals surface area contributed by atoms with Gasteiger partial charge in [-0.2, -0.15) is 0 Å². The van der Waals surface area contributed by atoms with E-state index in [1.165, 1.54) is 25.7 Å². The molecule has 0 aromatic carbocycles. The van der Waals surface area contributed by atoms with Crippen LogP contribution in [0.1, 0.15) is 46.0 Å². The highest BCUT2D eigenvalue weighted by Gasteiger charge is 2.42. The van der Waals surface area contributed by atoms with E-state index in [1.807, 2.05) is 0 Å². The lowest BCUT2D eigenvalue weighted by Crippen LogP contribution is -2.60. The molecule has 1 aliphatic rings. The van der Waals surface area contributed by atoms with Gasteiger partial charge in [0.15, 0.2) is 0 Å². The summed E-state index contributed by atoms with van der Waals surface area (Å²) in [5, 5.41) is 3.61. The molecule has 0 aliphatic heterocycles. The minimum absolute atomic E-state index is 0.259. The molecule has 1 aliphatic carbocycles. The minimum Gasteiger partial charge on any atom is -0.312 e. The van der Waals surface area contributed by atoms with E-state index in [4.69, 9.17) is 6.42 Å². The summed E-state index contributed by atoms with van der Waals surface area (Å²) in [5.74, 6) is 3.72. The Morgan fingerprint density at radius 2 is 2.00 bits per heavy atom. The summed E-state index contributed by atoms with van der Waals surface area (Å²) in [6.07, 6.45) is 11.6. The van der Waals surface area contributed by atoms with E-state index in [1.54, 1.807) is 0 Å². The van der Waals surface area contributed by atoms with Crippen LogP contribution in [0.15, 0.2) is 0 Å². The monoisotopic (exact) mass is 236 g/mol. The Balaban J connectivity index is 2.85. The lowest BCUT2D eigenvalue weighted by atomic mass is 9.71. The summed E-state index contributed by atoms with van der Waals surface area (Å²) >= 11 is 0. The number of hydrogen-bond donors (Lipinski definition) is 1. The van der Waals surface area contributed by atoms with Gasteiger partial charge in [0.2, 0.25) is 0 Å². The highest BCUT2D eigenvalue weighted by molar-refractivity contribution is 5.06. The zero-order valence-electron chi connectivity index (χ0n) is 11.9. The fourth-order valence-corrected chi connectivity index (χ4v) is 3.19. The van der Waals surface area contributed by atoms with E-state index in [-0.39, 0.29) is 5.54 Å². The average molecular weight is 236 g/mol. The number of hydrogen-bond acceptors (Lipinski definition) is 2. The van der Waals surface area contributed by atoms with Crippen LogP contribution >= 0.6 is 0 Å². The van der Waals surface area contributed by atoms with Crippen molar-refractivity contribution in [2.24, 2.45) is 5.92 Å². The van der Waals surface area contributed by atoms with Gasteiger partial charge in [-0.25, -0.2) is 0 Å². The van der Waals surface area contributed by atoms with Gasteiger partial charge in [-0.1, -0.05) is 13.8 Å². The van der Waals surface area contributed by atoms with E-state index in [2.05, 4.69) is 44.1 Å². The molecule has 0 heterocycles. The van der Waals surface area contributed by atoms with Crippen molar-refractivity contribution in [1.82, 2.24) is 10.2 Å². The molecule has 2 heteroatoms. The first kappa shape index (κ1) is 14.5.